The van der Waals surface area contributed by atoms with Gasteiger partial charge in [-0.25, -0.2) is 4.98 Å². The summed E-state index contributed by atoms with van der Waals surface area (Å²) in [6.45, 7) is 13.4. The molecule has 1 aliphatic heterocycles. The van der Waals surface area contributed by atoms with Crippen LogP contribution in [-0.4, -0.2) is 46.9 Å². The molecule has 2 heterocycles. The molecule has 22 heavy (non-hydrogen) atoms. The zero-order chi connectivity index (χ0) is 16.2. The predicted molar refractivity (Wildman–Crippen MR) is 92.2 cm³/mol. The highest BCUT2D eigenvalue weighted by Crippen LogP contribution is 2.26. The van der Waals surface area contributed by atoms with Gasteiger partial charge in [0.2, 0.25) is 5.91 Å². The van der Waals surface area contributed by atoms with E-state index in [0.717, 1.165) is 45.6 Å². The van der Waals surface area contributed by atoms with E-state index in [1.54, 1.807) is 11.3 Å². The smallest absolute Gasteiger partial charge is 0.222 e. The van der Waals surface area contributed by atoms with E-state index in [0.29, 0.717) is 12.3 Å². The Kier molecular flexibility index (Phi) is 5.98. The van der Waals surface area contributed by atoms with E-state index in [-0.39, 0.29) is 5.41 Å². The van der Waals surface area contributed by atoms with E-state index in [1.807, 2.05) is 4.90 Å². The number of hydrogen-bond donors (Lipinski definition) is 0. The van der Waals surface area contributed by atoms with Crippen LogP contribution in [0, 0.1) is 0 Å². The molecule has 4 nitrogen and oxygen atoms in total. The van der Waals surface area contributed by atoms with Crippen molar-refractivity contribution in [2.45, 2.75) is 58.9 Å². The molecular formula is C17H29N3OS. The van der Waals surface area contributed by atoms with Crippen LogP contribution in [0.1, 0.15) is 57.7 Å². The van der Waals surface area contributed by atoms with Crippen molar-refractivity contribution in [3.8, 4) is 0 Å². The number of rotatable bonds is 4. The summed E-state index contributed by atoms with van der Waals surface area (Å²) in [4.78, 5) is 21.3. The van der Waals surface area contributed by atoms with E-state index < -0.39 is 0 Å². The first-order valence-electron chi connectivity index (χ1n) is 8.35. The van der Waals surface area contributed by atoms with Gasteiger partial charge in [0, 0.05) is 49.9 Å². The van der Waals surface area contributed by atoms with Crippen LogP contribution in [0.25, 0.3) is 0 Å². The molecule has 1 fully saturated rings. The van der Waals surface area contributed by atoms with Crippen LogP contribution >= 0.6 is 11.3 Å². The fourth-order valence-electron chi connectivity index (χ4n) is 2.70. The summed E-state index contributed by atoms with van der Waals surface area (Å²) in [5, 5.41) is 3.39. The minimum absolute atomic E-state index is 0.130. The van der Waals surface area contributed by atoms with Gasteiger partial charge >= 0.3 is 0 Å². The lowest BCUT2D eigenvalue weighted by Gasteiger charge is -2.21. The van der Waals surface area contributed by atoms with Gasteiger partial charge in [-0.1, -0.05) is 27.7 Å². The highest BCUT2D eigenvalue weighted by atomic mass is 32.1. The first kappa shape index (κ1) is 17.4. The standard InChI is InChI=1S/C17H29N3OS/c1-5-7-15(21)20-9-6-8-19(10-11-20)12-14-13-22-16(18-14)17(2,3)4/h13H,5-12H2,1-4H3. The van der Waals surface area contributed by atoms with Crippen LogP contribution in [0.2, 0.25) is 0 Å². The normalized spacial score (nSPS) is 17.5. The number of amides is 1. The van der Waals surface area contributed by atoms with Gasteiger partial charge in [-0.05, 0) is 12.8 Å². The van der Waals surface area contributed by atoms with Crippen LogP contribution < -0.4 is 0 Å². The molecular weight excluding hydrogens is 294 g/mol. The summed E-state index contributed by atoms with van der Waals surface area (Å²) in [5.74, 6) is 0.313. The molecule has 0 radical (unpaired) electrons. The molecule has 1 saturated heterocycles. The van der Waals surface area contributed by atoms with Crippen molar-refractivity contribution < 1.29 is 4.79 Å². The first-order valence-corrected chi connectivity index (χ1v) is 9.23. The maximum atomic E-state index is 12.0. The quantitative estimate of drug-likeness (QED) is 0.853. The lowest BCUT2D eigenvalue weighted by molar-refractivity contribution is -0.131. The Morgan fingerprint density at radius 3 is 2.68 bits per heavy atom. The molecule has 0 aromatic carbocycles. The highest BCUT2D eigenvalue weighted by molar-refractivity contribution is 7.09. The second-order valence-corrected chi connectivity index (χ2v) is 8.01. The van der Waals surface area contributed by atoms with Crippen LogP contribution in [0.3, 0.4) is 0 Å². The van der Waals surface area contributed by atoms with E-state index >= 15 is 0 Å². The van der Waals surface area contributed by atoms with Crippen LogP contribution in [0.15, 0.2) is 5.38 Å². The molecule has 0 unspecified atom stereocenters. The van der Waals surface area contributed by atoms with Gasteiger partial charge in [0.25, 0.3) is 0 Å². The van der Waals surface area contributed by atoms with Gasteiger partial charge in [-0.3, -0.25) is 9.69 Å². The fourth-order valence-corrected chi connectivity index (χ4v) is 3.60. The Balaban J connectivity index is 1.89. The average molecular weight is 324 g/mol. The Labute approximate surface area is 138 Å². The summed E-state index contributed by atoms with van der Waals surface area (Å²) in [5.41, 5.74) is 1.30. The van der Waals surface area contributed by atoms with E-state index in [9.17, 15) is 4.79 Å². The topological polar surface area (TPSA) is 36.4 Å². The lowest BCUT2D eigenvalue weighted by atomic mass is 9.98. The maximum Gasteiger partial charge on any atom is 0.222 e. The van der Waals surface area contributed by atoms with Crippen LogP contribution in [0.4, 0.5) is 0 Å². The molecule has 0 saturated carbocycles. The summed E-state index contributed by atoms with van der Waals surface area (Å²) in [7, 11) is 0. The minimum Gasteiger partial charge on any atom is -0.341 e. The Morgan fingerprint density at radius 1 is 1.27 bits per heavy atom. The third kappa shape index (κ3) is 4.78. The van der Waals surface area contributed by atoms with E-state index in [2.05, 4.69) is 38.0 Å². The second-order valence-electron chi connectivity index (χ2n) is 7.15. The Morgan fingerprint density at radius 2 is 2.05 bits per heavy atom. The second kappa shape index (κ2) is 7.55. The monoisotopic (exact) mass is 323 g/mol. The molecule has 0 N–H and O–H groups in total. The largest absolute Gasteiger partial charge is 0.341 e. The molecule has 1 amide bonds. The van der Waals surface area contributed by atoms with Crippen molar-refractivity contribution in [2.24, 2.45) is 0 Å². The zero-order valence-corrected chi connectivity index (χ0v) is 15.2. The molecule has 1 aromatic heterocycles. The molecule has 0 aliphatic carbocycles. The number of carbonyl (C=O) groups is 1. The third-order valence-corrected chi connectivity index (χ3v) is 5.30. The number of carbonyl (C=O) groups excluding carboxylic acids is 1. The number of aromatic nitrogens is 1. The van der Waals surface area contributed by atoms with E-state index in [1.165, 1.54) is 10.7 Å². The summed E-state index contributed by atoms with van der Waals surface area (Å²) in [6, 6.07) is 0. The van der Waals surface area contributed by atoms with Crippen molar-refractivity contribution in [3.63, 3.8) is 0 Å². The lowest BCUT2D eigenvalue weighted by Crippen LogP contribution is -2.34. The maximum absolute atomic E-state index is 12.0. The van der Waals surface area contributed by atoms with Crippen LogP contribution in [0.5, 0.6) is 0 Å². The predicted octanol–water partition coefficient (Wildman–Crippen LogP) is 3.28. The minimum atomic E-state index is 0.130. The van der Waals surface area contributed by atoms with Crippen molar-refractivity contribution in [1.29, 1.82) is 0 Å². The summed E-state index contributed by atoms with van der Waals surface area (Å²) in [6.07, 6.45) is 2.68. The van der Waals surface area contributed by atoms with Gasteiger partial charge in [-0.15, -0.1) is 11.3 Å². The van der Waals surface area contributed by atoms with Gasteiger partial charge in [0.15, 0.2) is 0 Å². The molecule has 0 bridgehead atoms. The fraction of sp³-hybridized carbons (Fsp3) is 0.765. The zero-order valence-electron chi connectivity index (χ0n) is 14.4. The van der Waals surface area contributed by atoms with Crippen molar-refractivity contribution in [1.82, 2.24) is 14.8 Å². The van der Waals surface area contributed by atoms with Crippen LogP contribution in [-0.2, 0) is 16.8 Å². The molecule has 0 spiro atoms. The Hall–Kier alpha value is -0.940. The number of thiazole rings is 1. The van der Waals surface area contributed by atoms with Gasteiger partial charge in [0.1, 0.15) is 0 Å². The van der Waals surface area contributed by atoms with Gasteiger partial charge in [0.05, 0.1) is 10.7 Å². The summed E-state index contributed by atoms with van der Waals surface area (Å²) < 4.78 is 0. The van der Waals surface area contributed by atoms with Crippen molar-refractivity contribution >= 4 is 17.2 Å². The molecule has 1 aliphatic rings. The van der Waals surface area contributed by atoms with Crippen molar-refractivity contribution in [3.05, 3.63) is 16.1 Å². The third-order valence-electron chi connectivity index (χ3n) is 3.98. The number of nitrogens with zero attached hydrogens (tertiary/aromatic N) is 3. The molecule has 124 valence electrons. The first-order chi connectivity index (χ1) is 10.4. The SMILES string of the molecule is CCCC(=O)N1CCCN(Cc2csc(C(C)(C)C)n2)CC1. The van der Waals surface area contributed by atoms with E-state index in [4.69, 9.17) is 4.98 Å². The number of hydrogen-bond acceptors (Lipinski definition) is 4. The van der Waals surface area contributed by atoms with Crippen molar-refractivity contribution in [2.75, 3.05) is 26.2 Å². The summed E-state index contributed by atoms with van der Waals surface area (Å²) >= 11 is 1.76. The average Bonchev–Trinajstić information content (AvgIpc) is 2.78. The molecule has 5 heteroatoms. The Bertz CT molecular complexity index is 492. The molecule has 1 aromatic rings. The molecule has 0 atom stereocenters. The van der Waals surface area contributed by atoms with Gasteiger partial charge < -0.3 is 4.90 Å². The highest BCUT2D eigenvalue weighted by Gasteiger charge is 2.21. The molecule has 2 rings (SSSR count). The van der Waals surface area contributed by atoms with Gasteiger partial charge in [-0.2, -0.15) is 0 Å².